The van der Waals surface area contributed by atoms with E-state index in [1.807, 2.05) is 19.2 Å². The van der Waals surface area contributed by atoms with Gasteiger partial charge in [-0.2, -0.15) is 0 Å². The number of rotatable bonds is 6. The number of thiophene rings is 1. The number of morpholine rings is 1. The fourth-order valence-corrected chi connectivity index (χ4v) is 5.57. The van der Waals surface area contributed by atoms with E-state index in [2.05, 4.69) is 39.9 Å². The minimum Gasteiger partial charge on any atom is -0.495 e. The van der Waals surface area contributed by atoms with Crippen LogP contribution >= 0.6 is 34.5 Å². The van der Waals surface area contributed by atoms with Crippen LogP contribution in [0.1, 0.15) is 11.1 Å². The highest BCUT2D eigenvalue weighted by molar-refractivity contribution is 7.13. The van der Waals surface area contributed by atoms with Crippen molar-refractivity contribution in [2.24, 2.45) is 0 Å². The van der Waals surface area contributed by atoms with Crippen molar-refractivity contribution in [2.45, 2.75) is 13.5 Å². The molecule has 5 rings (SSSR count). The Kier molecular flexibility index (Phi) is 6.95. The number of methoxy groups -OCH3 is 1. The van der Waals surface area contributed by atoms with Gasteiger partial charge in [0.05, 0.1) is 47.3 Å². The summed E-state index contributed by atoms with van der Waals surface area (Å²) in [6.45, 7) is 6.60. The Morgan fingerprint density at radius 3 is 2.74 bits per heavy atom. The number of benzene rings is 2. The van der Waals surface area contributed by atoms with Gasteiger partial charge in [0.15, 0.2) is 0 Å². The van der Waals surface area contributed by atoms with E-state index in [9.17, 15) is 0 Å². The van der Waals surface area contributed by atoms with Crippen molar-refractivity contribution in [1.29, 1.82) is 0 Å². The monoisotopic (exact) mass is 513 g/mol. The molecule has 176 valence electrons. The van der Waals surface area contributed by atoms with E-state index < -0.39 is 0 Å². The third-order valence-corrected chi connectivity index (χ3v) is 7.64. The molecule has 2 aromatic carbocycles. The van der Waals surface area contributed by atoms with Crippen molar-refractivity contribution in [3.63, 3.8) is 0 Å². The Hall–Kier alpha value is -2.35. The van der Waals surface area contributed by atoms with E-state index in [0.29, 0.717) is 15.8 Å². The molecule has 3 heterocycles. The van der Waals surface area contributed by atoms with Gasteiger partial charge in [-0.05, 0) is 47.2 Å². The number of fused-ring (bicyclic) bond motifs is 1. The zero-order valence-electron chi connectivity index (χ0n) is 19.0. The highest BCUT2D eigenvalue weighted by Crippen LogP contribution is 2.38. The Bertz CT molecular complexity index is 1340. The maximum Gasteiger partial charge on any atom is 0.139 e. The van der Waals surface area contributed by atoms with Gasteiger partial charge in [-0.25, -0.2) is 0 Å². The van der Waals surface area contributed by atoms with Crippen molar-refractivity contribution in [3.05, 3.63) is 69.1 Å². The van der Waals surface area contributed by atoms with Crippen LogP contribution in [0.25, 0.3) is 21.3 Å². The van der Waals surface area contributed by atoms with E-state index >= 15 is 0 Å². The first-order chi connectivity index (χ1) is 16.5. The summed E-state index contributed by atoms with van der Waals surface area (Å²) in [5, 5.41) is 7.75. The molecular weight excluding hydrogens is 489 g/mol. The van der Waals surface area contributed by atoms with Gasteiger partial charge in [0.1, 0.15) is 5.75 Å². The van der Waals surface area contributed by atoms with Crippen molar-refractivity contribution in [1.82, 2.24) is 9.88 Å². The molecule has 0 bridgehead atoms. The van der Waals surface area contributed by atoms with Crippen molar-refractivity contribution < 1.29 is 9.47 Å². The summed E-state index contributed by atoms with van der Waals surface area (Å²) >= 11 is 14.4. The van der Waals surface area contributed by atoms with Crippen molar-refractivity contribution in [3.8, 4) is 16.2 Å². The molecule has 0 aliphatic carbocycles. The molecule has 0 atom stereocenters. The number of aryl methyl sites for hydroxylation is 1. The van der Waals surface area contributed by atoms with Crippen LogP contribution in [0, 0.1) is 6.92 Å². The second-order valence-electron chi connectivity index (χ2n) is 8.35. The molecular formula is C26H25Cl2N3O2S. The molecule has 0 unspecified atom stereocenters. The lowest BCUT2D eigenvalue weighted by molar-refractivity contribution is 0.0342. The van der Waals surface area contributed by atoms with Gasteiger partial charge < -0.3 is 14.8 Å². The van der Waals surface area contributed by atoms with Crippen molar-refractivity contribution in [2.75, 3.05) is 38.7 Å². The Balaban J connectivity index is 1.44. The lowest BCUT2D eigenvalue weighted by Crippen LogP contribution is -2.35. The summed E-state index contributed by atoms with van der Waals surface area (Å²) in [5.74, 6) is 0.567. The molecule has 2 aromatic heterocycles. The first-order valence-corrected chi connectivity index (χ1v) is 12.7. The third-order valence-electron chi connectivity index (χ3n) is 6.01. The standard InChI is InChI=1S/C26H25Cl2N3O2S/c1-16-13-29-22-10-18(25-9-17(15-34-25)14-31-5-7-33-8-6-31)3-4-19(22)26(16)30-23-12-24(32-2)21(28)11-20(23)27/h3-4,9-13,15H,5-8,14H2,1-2H3,(H,29,30). The van der Waals surface area contributed by atoms with Gasteiger partial charge in [-0.3, -0.25) is 9.88 Å². The molecule has 1 saturated heterocycles. The first-order valence-electron chi connectivity index (χ1n) is 11.1. The second kappa shape index (κ2) is 10.1. The number of anilines is 2. The number of ether oxygens (including phenoxy) is 2. The molecule has 0 saturated carbocycles. The number of nitrogens with one attached hydrogen (secondary N) is 1. The molecule has 1 N–H and O–H groups in total. The van der Waals surface area contributed by atoms with E-state index in [0.717, 1.165) is 60.7 Å². The first kappa shape index (κ1) is 23.4. The van der Waals surface area contributed by atoms with Gasteiger partial charge in [-0.15, -0.1) is 11.3 Å². The number of hydrogen-bond donors (Lipinski definition) is 1. The number of pyridine rings is 1. The minimum absolute atomic E-state index is 0.475. The van der Waals surface area contributed by atoms with Crippen LogP contribution in [0.4, 0.5) is 11.4 Å². The minimum atomic E-state index is 0.475. The zero-order chi connectivity index (χ0) is 23.7. The summed E-state index contributed by atoms with van der Waals surface area (Å²) < 4.78 is 10.8. The van der Waals surface area contributed by atoms with Crippen LogP contribution < -0.4 is 10.1 Å². The average molecular weight is 514 g/mol. The lowest BCUT2D eigenvalue weighted by Gasteiger charge is -2.26. The van der Waals surface area contributed by atoms with Crippen LogP contribution in [0.2, 0.25) is 10.0 Å². The van der Waals surface area contributed by atoms with Crippen LogP contribution in [-0.4, -0.2) is 43.3 Å². The topological polar surface area (TPSA) is 46.6 Å². The smallest absolute Gasteiger partial charge is 0.139 e. The van der Waals surface area contributed by atoms with Gasteiger partial charge in [0, 0.05) is 42.2 Å². The zero-order valence-corrected chi connectivity index (χ0v) is 21.4. The second-order valence-corrected chi connectivity index (χ2v) is 10.1. The maximum atomic E-state index is 6.46. The largest absolute Gasteiger partial charge is 0.495 e. The third kappa shape index (κ3) is 4.88. The van der Waals surface area contributed by atoms with Gasteiger partial charge in [0.25, 0.3) is 0 Å². The van der Waals surface area contributed by atoms with E-state index in [-0.39, 0.29) is 0 Å². The number of aromatic nitrogens is 1. The van der Waals surface area contributed by atoms with Crippen LogP contribution in [0.3, 0.4) is 0 Å². The van der Waals surface area contributed by atoms with E-state index in [4.69, 9.17) is 37.7 Å². The molecule has 0 radical (unpaired) electrons. The van der Waals surface area contributed by atoms with Gasteiger partial charge in [-0.1, -0.05) is 35.3 Å². The van der Waals surface area contributed by atoms with Crippen LogP contribution in [-0.2, 0) is 11.3 Å². The molecule has 8 heteroatoms. The molecule has 1 fully saturated rings. The predicted molar refractivity (Wildman–Crippen MR) is 142 cm³/mol. The summed E-state index contributed by atoms with van der Waals surface area (Å²) in [6.07, 6.45) is 1.88. The average Bonchev–Trinajstić information content (AvgIpc) is 3.31. The summed E-state index contributed by atoms with van der Waals surface area (Å²) in [4.78, 5) is 8.39. The fourth-order valence-electron chi connectivity index (χ4n) is 4.16. The highest BCUT2D eigenvalue weighted by atomic mass is 35.5. The van der Waals surface area contributed by atoms with Gasteiger partial charge >= 0.3 is 0 Å². The molecule has 1 aliphatic heterocycles. The maximum absolute atomic E-state index is 6.46. The van der Waals surface area contributed by atoms with Crippen molar-refractivity contribution >= 4 is 56.8 Å². The fraction of sp³-hybridized carbons (Fsp3) is 0.269. The Morgan fingerprint density at radius 2 is 1.94 bits per heavy atom. The number of hydrogen-bond acceptors (Lipinski definition) is 6. The van der Waals surface area contributed by atoms with E-state index in [1.165, 1.54) is 16.0 Å². The Morgan fingerprint density at radius 1 is 1.12 bits per heavy atom. The number of nitrogens with zero attached hydrogens (tertiary/aromatic N) is 2. The molecule has 34 heavy (non-hydrogen) atoms. The van der Waals surface area contributed by atoms with E-state index in [1.54, 1.807) is 24.5 Å². The SMILES string of the molecule is COc1cc(Nc2c(C)cnc3cc(-c4cc(CN5CCOCC5)cs4)ccc23)c(Cl)cc1Cl. The molecule has 5 nitrogen and oxygen atoms in total. The van der Waals surface area contributed by atoms with Gasteiger partial charge in [0.2, 0.25) is 0 Å². The summed E-state index contributed by atoms with van der Waals surface area (Å²) in [7, 11) is 1.59. The summed E-state index contributed by atoms with van der Waals surface area (Å²) in [5.41, 5.74) is 6.14. The molecule has 1 aliphatic rings. The number of halogens is 2. The van der Waals surface area contributed by atoms with Crippen LogP contribution in [0.5, 0.6) is 5.75 Å². The molecule has 4 aromatic rings. The molecule has 0 amide bonds. The van der Waals surface area contributed by atoms with Crippen LogP contribution in [0.15, 0.2) is 48.0 Å². The highest BCUT2D eigenvalue weighted by Gasteiger charge is 2.15. The Labute approximate surface area is 213 Å². The lowest BCUT2D eigenvalue weighted by atomic mass is 10.1. The predicted octanol–water partition coefficient (Wildman–Crippen LogP) is 7.16. The summed E-state index contributed by atoms with van der Waals surface area (Å²) in [6, 6.07) is 12.2. The quantitative estimate of drug-likeness (QED) is 0.296. The normalized spacial score (nSPS) is 14.5. The molecule has 0 spiro atoms.